The van der Waals surface area contributed by atoms with Crippen LogP contribution in [-0.4, -0.2) is 48.3 Å². The van der Waals surface area contributed by atoms with Crippen molar-refractivity contribution in [2.45, 2.75) is 39.0 Å². The average molecular weight is 516 g/mol. The first-order chi connectivity index (χ1) is 18.3. The van der Waals surface area contributed by atoms with E-state index in [9.17, 15) is 19.1 Å². The normalized spacial score (nSPS) is 15.3. The van der Waals surface area contributed by atoms with Crippen LogP contribution in [0, 0.1) is 5.82 Å². The van der Waals surface area contributed by atoms with E-state index in [2.05, 4.69) is 10.1 Å². The Labute approximate surface area is 220 Å². The van der Waals surface area contributed by atoms with Gasteiger partial charge in [0.25, 0.3) is 11.5 Å². The monoisotopic (exact) mass is 515 g/mol. The van der Waals surface area contributed by atoms with E-state index >= 15 is 0 Å². The molecule has 0 bridgehead atoms. The summed E-state index contributed by atoms with van der Waals surface area (Å²) in [6, 6.07) is 14.1. The molecule has 3 heterocycles. The molecule has 0 aliphatic carbocycles. The summed E-state index contributed by atoms with van der Waals surface area (Å²) in [5, 5.41) is 15.4. The van der Waals surface area contributed by atoms with Gasteiger partial charge in [-0.1, -0.05) is 50.2 Å². The molecule has 1 amide bonds. The van der Waals surface area contributed by atoms with E-state index in [1.807, 2.05) is 32.0 Å². The molecule has 0 spiro atoms. The Kier molecular flexibility index (Phi) is 6.84. The third-order valence-corrected chi connectivity index (χ3v) is 7.23. The van der Waals surface area contributed by atoms with Crippen LogP contribution in [0.4, 0.5) is 4.39 Å². The molecule has 38 heavy (non-hydrogen) atoms. The predicted octanol–water partition coefficient (Wildman–Crippen LogP) is 4.23. The van der Waals surface area contributed by atoms with Gasteiger partial charge in [-0.25, -0.2) is 4.39 Å². The molecule has 1 saturated heterocycles. The van der Waals surface area contributed by atoms with Crippen LogP contribution in [0.15, 0.2) is 59.5 Å². The van der Waals surface area contributed by atoms with Crippen LogP contribution in [0.2, 0.25) is 0 Å². The average Bonchev–Trinajstić information content (AvgIpc) is 3.58. The van der Waals surface area contributed by atoms with Gasteiger partial charge in [0.15, 0.2) is 11.4 Å². The number of nitrogens with zero attached hydrogens (tertiary/aromatic N) is 5. The lowest BCUT2D eigenvalue weighted by molar-refractivity contribution is 0.0784. The summed E-state index contributed by atoms with van der Waals surface area (Å²) in [4.78, 5) is 33.7. The highest BCUT2D eigenvalue weighted by Gasteiger charge is 2.34. The molecule has 0 saturated carbocycles. The second-order valence-corrected chi connectivity index (χ2v) is 9.54. The van der Waals surface area contributed by atoms with Gasteiger partial charge < -0.3 is 10.0 Å². The minimum absolute atomic E-state index is 0.158. The zero-order valence-corrected chi connectivity index (χ0v) is 21.7. The molecule has 5 rings (SSSR count). The molecular weight excluding hydrogens is 485 g/mol. The van der Waals surface area contributed by atoms with Crippen molar-refractivity contribution in [3.63, 3.8) is 0 Å². The van der Waals surface area contributed by atoms with E-state index in [0.717, 1.165) is 11.1 Å². The van der Waals surface area contributed by atoms with Crippen molar-refractivity contribution in [1.29, 1.82) is 0 Å². The number of aromatic nitrogens is 4. The van der Waals surface area contributed by atoms with Crippen LogP contribution in [-0.2, 0) is 19.9 Å². The molecule has 2 aromatic heterocycles. The summed E-state index contributed by atoms with van der Waals surface area (Å²) < 4.78 is 17.4. The summed E-state index contributed by atoms with van der Waals surface area (Å²) in [5.74, 6) is -1.62. The van der Waals surface area contributed by atoms with E-state index < -0.39 is 22.9 Å². The van der Waals surface area contributed by atoms with Crippen LogP contribution in [0.25, 0.3) is 17.2 Å². The Bertz CT molecular complexity index is 1550. The van der Waals surface area contributed by atoms with E-state index in [-0.39, 0.29) is 24.1 Å². The topological polar surface area (TPSA) is 93.2 Å². The van der Waals surface area contributed by atoms with Crippen molar-refractivity contribution in [3.8, 4) is 23.1 Å². The molecular formula is C29H30FN5O3. The predicted molar refractivity (Wildman–Crippen MR) is 142 cm³/mol. The first kappa shape index (κ1) is 25.4. The van der Waals surface area contributed by atoms with E-state index in [1.165, 1.54) is 15.5 Å². The van der Waals surface area contributed by atoms with E-state index in [1.54, 1.807) is 42.2 Å². The molecule has 9 heteroatoms. The number of likely N-dealkylation sites (tertiary alicyclic amines) is 1. The zero-order valence-electron chi connectivity index (χ0n) is 21.7. The number of halogens is 1. The number of carbonyl (C=O) groups is 1. The maximum Gasteiger partial charge on any atom is 0.275 e. The van der Waals surface area contributed by atoms with Crippen molar-refractivity contribution in [3.05, 3.63) is 93.2 Å². The second-order valence-electron chi connectivity index (χ2n) is 9.54. The highest BCUT2D eigenvalue weighted by molar-refractivity contribution is 5.96. The Morgan fingerprint density at radius 2 is 1.79 bits per heavy atom. The molecule has 1 N–H and O–H groups in total. The van der Waals surface area contributed by atoms with Gasteiger partial charge in [-0.15, -0.1) is 0 Å². The quantitative estimate of drug-likeness (QED) is 0.415. The summed E-state index contributed by atoms with van der Waals surface area (Å²) >= 11 is 0. The lowest BCUT2D eigenvalue weighted by atomic mass is 9.98. The number of aryl methyl sites for hydroxylation is 3. The number of hydrogen-bond acceptors (Lipinski definition) is 5. The van der Waals surface area contributed by atoms with Gasteiger partial charge in [-0.3, -0.25) is 18.8 Å². The standard InChI is InChI=1S/C29H30FN5O3/c1-4-18-9-8-10-19(5-2)25(18)35-26(23-14-15-33(3)32-23)31-27(36)24(29(35)38)28(37)34-16-13-20(17-34)21-11-6-7-12-22(21)30/h6-12,14-15,20,36H,4-5,13,16-17H2,1-3H3/t20-/m0/s1. The van der Waals surface area contributed by atoms with E-state index in [0.29, 0.717) is 42.8 Å². The maximum absolute atomic E-state index is 14.4. The summed E-state index contributed by atoms with van der Waals surface area (Å²) in [6.07, 6.45) is 3.58. The molecule has 8 nitrogen and oxygen atoms in total. The third kappa shape index (κ3) is 4.38. The van der Waals surface area contributed by atoms with Crippen molar-refractivity contribution in [1.82, 2.24) is 24.2 Å². The van der Waals surface area contributed by atoms with Crippen LogP contribution in [0.3, 0.4) is 0 Å². The first-order valence-electron chi connectivity index (χ1n) is 12.8. The molecule has 196 valence electrons. The largest absolute Gasteiger partial charge is 0.493 e. The van der Waals surface area contributed by atoms with Crippen molar-refractivity contribution in [2.75, 3.05) is 13.1 Å². The van der Waals surface area contributed by atoms with E-state index in [4.69, 9.17) is 0 Å². The van der Waals surface area contributed by atoms with Gasteiger partial charge in [0.1, 0.15) is 11.5 Å². The van der Waals surface area contributed by atoms with Crippen LogP contribution >= 0.6 is 0 Å². The fourth-order valence-electron chi connectivity index (χ4n) is 5.28. The fraction of sp³-hybridized carbons (Fsp3) is 0.310. The summed E-state index contributed by atoms with van der Waals surface area (Å²) in [7, 11) is 1.75. The Morgan fingerprint density at radius 1 is 1.08 bits per heavy atom. The van der Waals surface area contributed by atoms with Crippen molar-refractivity contribution >= 4 is 5.91 Å². The molecule has 1 fully saturated rings. The van der Waals surface area contributed by atoms with Gasteiger partial charge in [-0.05, 0) is 48.1 Å². The number of amides is 1. The lowest BCUT2D eigenvalue weighted by Gasteiger charge is -2.21. The third-order valence-electron chi connectivity index (χ3n) is 7.23. The highest BCUT2D eigenvalue weighted by atomic mass is 19.1. The number of rotatable bonds is 6. The minimum Gasteiger partial charge on any atom is -0.493 e. The van der Waals surface area contributed by atoms with Crippen LogP contribution in [0.5, 0.6) is 5.88 Å². The van der Waals surface area contributed by atoms with Gasteiger partial charge >= 0.3 is 0 Å². The van der Waals surface area contributed by atoms with Gasteiger partial charge in [0.2, 0.25) is 5.88 Å². The molecule has 2 aromatic carbocycles. The Hall–Kier alpha value is -4.27. The van der Waals surface area contributed by atoms with Crippen molar-refractivity contribution < 1.29 is 14.3 Å². The number of benzene rings is 2. The fourth-order valence-corrected chi connectivity index (χ4v) is 5.28. The molecule has 1 aliphatic heterocycles. The van der Waals surface area contributed by atoms with Crippen molar-refractivity contribution in [2.24, 2.45) is 7.05 Å². The first-order valence-corrected chi connectivity index (χ1v) is 12.8. The number of carbonyl (C=O) groups excluding carboxylic acids is 1. The number of aromatic hydroxyl groups is 1. The summed E-state index contributed by atoms with van der Waals surface area (Å²) in [5.41, 5.74) is 2.35. The minimum atomic E-state index is -0.659. The SMILES string of the molecule is CCc1cccc(CC)c1-n1c(-c2ccn(C)n2)nc(O)c(C(=O)N2CC[C@H](c3ccccc3F)C2)c1=O. The zero-order chi connectivity index (χ0) is 27.0. The number of para-hydroxylation sites is 1. The second kappa shape index (κ2) is 10.2. The van der Waals surface area contributed by atoms with Gasteiger partial charge in [-0.2, -0.15) is 10.1 Å². The summed E-state index contributed by atoms with van der Waals surface area (Å²) in [6.45, 7) is 4.57. The Morgan fingerprint density at radius 3 is 2.42 bits per heavy atom. The molecule has 0 radical (unpaired) electrons. The molecule has 0 unspecified atom stereocenters. The number of hydrogen-bond donors (Lipinski definition) is 1. The van der Waals surface area contributed by atoms with Crippen LogP contribution < -0.4 is 5.56 Å². The Balaban J connectivity index is 1.65. The lowest BCUT2D eigenvalue weighted by Crippen LogP contribution is -2.36. The maximum atomic E-state index is 14.4. The smallest absolute Gasteiger partial charge is 0.275 e. The van der Waals surface area contributed by atoms with Gasteiger partial charge in [0, 0.05) is 32.3 Å². The molecule has 4 aromatic rings. The molecule has 1 atom stereocenters. The highest BCUT2D eigenvalue weighted by Crippen LogP contribution is 2.32. The van der Waals surface area contributed by atoms with Crippen LogP contribution in [0.1, 0.15) is 53.2 Å². The van der Waals surface area contributed by atoms with Gasteiger partial charge in [0.05, 0.1) is 5.69 Å². The molecule has 1 aliphatic rings.